The quantitative estimate of drug-likeness (QED) is 0.452. The fourth-order valence-electron chi connectivity index (χ4n) is 1.56. The van der Waals surface area contributed by atoms with E-state index in [1.165, 1.54) is 0 Å². The Hall–Kier alpha value is -1.55. The maximum Gasteiger partial charge on any atom is 0.125 e. The Labute approximate surface area is 95.9 Å². The molecule has 0 aliphatic carbocycles. The van der Waals surface area contributed by atoms with Gasteiger partial charge in [0.15, 0.2) is 0 Å². The molecule has 0 amide bonds. The van der Waals surface area contributed by atoms with E-state index in [4.69, 9.17) is 20.6 Å². The highest BCUT2D eigenvalue weighted by atomic mass is 16.5. The highest BCUT2D eigenvalue weighted by molar-refractivity contribution is 5.95. The van der Waals surface area contributed by atoms with E-state index in [-0.39, 0.29) is 5.84 Å². The molecule has 0 heterocycles. The number of amidine groups is 1. The van der Waals surface area contributed by atoms with Gasteiger partial charge in [-0.25, -0.2) is 0 Å². The predicted octanol–water partition coefficient (Wildman–Crippen LogP) is 1.61. The molecule has 0 atom stereocenters. The summed E-state index contributed by atoms with van der Waals surface area (Å²) in [5, 5.41) is 7.38. The Morgan fingerprint density at radius 2 is 1.81 bits per heavy atom. The summed E-state index contributed by atoms with van der Waals surface area (Å²) in [5.41, 5.74) is 8.15. The molecule has 0 aliphatic heterocycles. The zero-order valence-electron chi connectivity index (χ0n) is 9.96. The summed E-state index contributed by atoms with van der Waals surface area (Å²) in [6, 6.07) is 3.72. The molecule has 3 N–H and O–H groups in total. The molecule has 0 spiro atoms. The van der Waals surface area contributed by atoms with Crippen LogP contribution in [0.4, 0.5) is 0 Å². The lowest BCUT2D eigenvalue weighted by Crippen LogP contribution is -2.12. The van der Waals surface area contributed by atoms with E-state index in [9.17, 15) is 0 Å². The number of benzene rings is 1. The normalized spacial score (nSPS) is 10.2. The van der Waals surface area contributed by atoms with Crippen LogP contribution >= 0.6 is 0 Å². The van der Waals surface area contributed by atoms with Crippen LogP contribution in [0.15, 0.2) is 12.1 Å². The SMILES string of the molecule is COCCOc1c(C)cc(C(=N)N)cc1C. The molecule has 1 aromatic carbocycles. The largest absolute Gasteiger partial charge is 0.491 e. The molecule has 1 aromatic rings. The molecule has 88 valence electrons. The van der Waals surface area contributed by atoms with Gasteiger partial charge in [-0.15, -0.1) is 0 Å². The van der Waals surface area contributed by atoms with E-state index in [1.807, 2.05) is 26.0 Å². The van der Waals surface area contributed by atoms with E-state index in [1.54, 1.807) is 7.11 Å². The van der Waals surface area contributed by atoms with Crippen LogP contribution < -0.4 is 10.5 Å². The molecular formula is C12H18N2O2. The van der Waals surface area contributed by atoms with Gasteiger partial charge in [-0.05, 0) is 37.1 Å². The van der Waals surface area contributed by atoms with Crippen LogP contribution in [-0.4, -0.2) is 26.2 Å². The van der Waals surface area contributed by atoms with Gasteiger partial charge in [0.2, 0.25) is 0 Å². The minimum absolute atomic E-state index is 0.0784. The van der Waals surface area contributed by atoms with Gasteiger partial charge in [0.25, 0.3) is 0 Å². The molecule has 16 heavy (non-hydrogen) atoms. The zero-order chi connectivity index (χ0) is 12.1. The average molecular weight is 222 g/mol. The van der Waals surface area contributed by atoms with E-state index in [0.29, 0.717) is 13.2 Å². The van der Waals surface area contributed by atoms with Crippen LogP contribution in [0.1, 0.15) is 16.7 Å². The number of ether oxygens (including phenoxy) is 2. The Balaban J connectivity index is 2.89. The minimum atomic E-state index is 0.0784. The topological polar surface area (TPSA) is 68.3 Å². The molecule has 4 heteroatoms. The maximum atomic E-state index is 7.38. The van der Waals surface area contributed by atoms with Gasteiger partial charge in [-0.3, -0.25) is 5.41 Å². The first-order valence-corrected chi connectivity index (χ1v) is 5.13. The van der Waals surface area contributed by atoms with Gasteiger partial charge in [-0.2, -0.15) is 0 Å². The van der Waals surface area contributed by atoms with Gasteiger partial charge in [0.1, 0.15) is 18.2 Å². The lowest BCUT2D eigenvalue weighted by atomic mass is 10.1. The van der Waals surface area contributed by atoms with E-state index in [2.05, 4.69) is 0 Å². The van der Waals surface area contributed by atoms with Crippen molar-refractivity contribution in [1.82, 2.24) is 0 Å². The summed E-state index contributed by atoms with van der Waals surface area (Å²) < 4.78 is 10.5. The van der Waals surface area contributed by atoms with Crippen LogP contribution in [-0.2, 0) is 4.74 Å². The summed E-state index contributed by atoms with van der Waals surface area (Å²) in [6.07, 6.45) is 0. The average Bonchev–Trinajstić information content (AvgIpc) is 2.21. The van der Waals surface area contributed by atoms with Gasteiger partial charge in [0, 0.05) is 12.7 Å². The van der Waals surface area contributed by atoms with Crippen molar-refractivity contribution >= 4 is 5.84 Å². The number of hydrogen-bond donors (Lipinski definition) is 2. The van der Waals surface area contributed by atoms with Crippen molar-refractivity contribution in [2.75, 3.05) is 20.3 Å². The highest BCUT2D eigenvalue weighted by Crippen LogP contribution is 2.24. The third-order valence-corrected chi connectivity index (χ3v) is 2.31. The van der Waals surface area contributed by atoms with Crippen LogP contribution in [0.2, 0.25) is 0 Å². The molecule has 0 bridgehead atoms. The number of methoxy groups -OCH3 is 1. The monoisotopic (exact) mass is 222 g/mol. The van der Waals surface area contributed by atoms with Crippen molar-refractivity contribution in [2.45, 2.75) is 13.8 Å². The fourth-order valence-corrected chi connectivity index (χ4v) is 1.56. The second kappa shape index (κ2) is 5.51. The van der Waals surface area contributed by atoms with Crippen LogP contribution in [0.25, 0.3) is 0 Å². The molecule has 0 aromatic heterocycles. The van der Waals surface area contributed by atoms with E-state index >= 15 is 0 Å². The van der Waals surface area contributed by atoms with Crippen molar-refractivity contribution in [3.05, 3.63) is 28.8 Å². The smallest absolute Gasteiger partial charge is 0.125 e. The lowest BCUT2D eigenvalue weighted by Gasteiger charge is -2.13. The van der Waals surface area contributed by atoms with Gasteiger partial charge in [0.05, 0.1) is 6.61 Å². The molecule has 4 nitrogen and oxygen atoms in total. The number of aryl methyl sites for hydroxylation is 2. The third kappa shape index (κ3) is 2.97. The van der Waals surface area contributed by atoms with E-state index < -0.39 is 0 Å². The first kappa shape index (κ1) is 12.5. The highest BCUT2D eigenvalue weighted by Gasteiger charge is 2.07. The Morgan fingerprint density at radius 3 is 2.25 bits per heavy atom. The summed E-state index contributed by atoms with van der Waals surface area (Å²) in [5.74, 6) is 0.927. The van der Waals surface area contributed by atoms with Crippen molar-refractivity contribution in [2.24, 2.45) is 5.73 Å². The van der Waals surface area contributed by atoms with Crippen molar-refractivity contribution in [3.8, 4) is 5.75 Å². The second-order valence-electron chi connectivity index (χ2n) is 3.69. The predicted molar refractivity (Wildman–Crippen MR) is 64.3 cm³/mol. The zero-order valence-corrected chi connectivity index (χ0v) is 9.96. The van der Waals surface area contributed by atoms with Crippen molar-refractivity contribution < 1.29 is 9.47 Å². The molecule has 0 saturated carbocycles. The number of nitrogens with one attached hydrogen (secondary N) is 1. The van der Waals surface area contributed by atoms with Gasteiger partial charge >= 0.3 is 0 Å². The summed E-state index contributed by atoms with van der Waals surface area (Å²) in [4.78, 5) is 0. The maximum absolute atomic E-state index is 7.38. The molecular weight excluding hydrogens is 204 g/mol. The molecule has 0 aliphatic rings. The Kier molecular flexibility index (Phi) is 4.31. The number of nitrogen functional groups attached to an aromatic ring is 1. The third-order valence-electron chi connectivity index (χ3n) is 2.31. The lowest BCUT2D eigenvalue weighted by molar-refractivity contribution is 0.145. The molecule has 0 unspecified atom stereocenters. The first-order chi connectivity index (χ1) is 7.56. The first-order valence-electron chi connectivity index (χ1n) is 5.13. The van der Waals surface area contributed by atoms with Gasteiger partial charge < -0.3 is 15.2 Å². The minimum Gasteiger partial charge on any atom is -0.491 e. The van der Waals surface area contributed by atoms with Crippen LogP contribution in [0.5, 0.6) is 5.75 Å². The summed E-state index contributed by atoms with van der Waals surface area (Å²) in [6.45, 7) is 4.98. The van der Waals surface area contributed by atoms with Crippen molar-refractivity contribution in [1.29, 1.82) is 5.41 Å². The molecule has 0 radical (unpaired) electrons. The second-order valence-corrected chi connectivity index (χ2v) is 3.69. The molecule has 0 fully saturated rings. The van der Waals surface area contributed by atoms with Crippen molar-refractivity contribution in [3.63, 3.8) is 0 Å². The van der Waals surface area contributed by atoms with Crippen LogP contribution in [0.3, 0.4) is 0 Å². The molecule has 1 rings (SSSR count). The van der Waals surface area contributed by atoms with Gasteiger partial charge in [-0.1, -0.05) is 0 Å². The Morgan fingerprint density at radius 1 is 1.25 bits per heavy atom. The number of hydrogen-bond acceptors (Lipinski definition) is 3. The fraction of sp³-hybridized carbons (Fsp3) is 0.417. The number of nitrogens with two attached hydrogens (primary N) is 1. The van der Waals surface area contributed by atoms with Crippen LogP contribution in [0, 0.1) is 19.3 Å². The summed E-state index contributed by atoms with van der Waals surface area (Å²) >= 11 is 0. The summed E-state index contributed by atoms with van der Waals surface area (Å²) in [7, 11) is 1.64. The number of rotatable bonds is 5. The molecule has 0 saturated heterocycles. The van der Waals surface area contributed by atoms with E-state index in [0.717, 1.165) is 22.4 Å². The standard InChI is InChI=1S/C12H18N2O2/c1-8-6-10(12(13)14)7-9(2)11(8)16-5-4-15-3/h6-7H,4-5H2,1-3H3,(H3,13,14). The Bertz CT molecular complexity index is 366.